The van der Waals surface area contributed by atoms with Gasteiger partial charge in [0.1, 0.15) is 0 Å². The zero-order chi connectivity index (χ0) is 8.32. The summed E-state index contributed by atoms with van der Waals surface area (Å²) in [4.78, 5) is 0. The smallest absolute Gasteiger partial charge is 0.0132 e. The van der Waals surface area contributed by atoms with Crippen molar-refractivity contribution in [2.45, 2.75) is 33.1 Å². The Bertz CT molecular complexity index is 191. The van der Waals surface area contributed by atoms with Gasteiger partial charge in [0.2, 0.25) is 0 Å². The Morgan fingerprint density at radius 3 is 2.82 bits per heavy atom. The summed E-state index contributed by atoms with van der Waals surface area (Å²) in [5.74, 6) is 0. The van der Waals surface area contributed by atoms with Crippen molar-refractivity contribution >= 4 is 15.9 Å². The second-order valence-electron chi connectivity index (χ2n) is 3.53. The molecule has 0 aromatic heterocycles. The SMILES string of the molecule is CCCC1(C)C=CC(Br)=CC1. The number of halogens is 1. The Kier molecular flexibility index (Phi) is 2.94. The van der Waals surface area contributed by atoms with Gasteiger partial charge in [-0.25, -0.2) is 0 Å². The highest BCUT2D eigenvalue weighted by Crippen LogP contribution is 2.34. The Balaban J connectivity index is 2.58. The molecule has 0 fully saturated rings. The predicted molar refractivity (Wildman–Crippen MR) is 53.8 cm³/mol. The van der Waals surface area contributed by atoms with Crippen LogP contribution in [0.1, 0.15) is 33.1 Å². The maximum Gasteiger partial charge on any atom is 0.0132 e. The molecule has 1 rings (SSSR count). The summed E-state index contributed by atoms with van der Waals surface area (Å²) < 4.78 is 1.23. The highest BCUT2D eigenvalue weighted by molar-refractivity contribution is 9.11. The molecule has 0 nitrogen and oxygen atoms in total. The van der Waals surface area contributed by atoms with E-state index in [1.54, 1.807) is 0 Å². The molecule has 1 unspecified atom stereocenters. The van der Waals surface area contributed by atoms with Crippen LogP contribution in [0.2, 0.25) is 0 Å². The van der Waals surface area contributed by atoms with Gasteiger partial charge in [0.25, 0.3) is 0 Å². The minimum Gasteiger partial charge on any atom is -0.0772 e. The van der Waals surface area contributed by atoms with E-state index in [1.165, 1.54) is 23.7 Å². The lowest BCUT2D eigenvalue weighted by atomic mass is 9.80. The van der Waals surface area contributed by atoms with E-state index in [4.69, 9.17) is 0 Å². The van der Waals surface area contributed by atoms with Crippen molar-refractivity contribution in [3.8, 4) is 0 Å². The molecule has 0 radical (unpaired) electrons. The van der Waals surface area contributed by atoms with Gasteiger partial charge in [-0.15, -0.1) is 0 Å². The Morgan fingerprint density at radius 2 is 2.36 bits per heavy atom. The number of hydrogen-bond acceptors (Lipinski definition) is 0. The average molecular weight is 215 g/mol. The van der Waals surface area contributed by atoms with Crippen molar-refractivity contribution in [1.82, 2.24) is 0 Å². The Morgan fingerprint density at radius 1 is 1.64 bits per heavy atom. The quantitative estimate of drug-likeness (QED) is 0.652. The molecule has 11 heavy (non-hydrogen) atoms. The summed E-state index contributed by atoms with van der Waals surface area (Å²) in [6.45, 7) is 4.56. The number of allylic oxidation sites excluding steroid dienone is 4. The minimum atomic E-state index is 0.423. The molecular weight excluding hydrogens is 200 g/mol. The molecule has 1 heteroatoms. The third kappa shape index (κ3) is 2.48. The van der Waals surface area contributed by atoms with Crippen molar-refractivity contribution in [1.29, 1.82) is 0 Å². The van der Waals surface area contributed by atoms with Crippen LogP contribution in [-0.4, -0.2) is 0 Å². The molecule has 0 aliphatic heterocycles. The first-order valence-electron chi connectivity index (χ1n) is 4.21. The molecule has 0 saturated carbocycles. The topological polar surface area (TPSA) is 0 Å². The van der Waals surface area contributed by atoms with Crippen molar-refractivity contribution in [3.63, 3.8) is 0 Å². The molecule has 0 spiro atoms. The van der Waals surface area contributed by atoms with Crippen LogP contribution in [0, 0.1) is 5.41 Å². The number of rotatable bonds is 2. The van der Waals surface area contributed by atoms with Crippen LogP contribution >= 0.6 is 15.9 Å². The van der Waals surface area contributed by atoms with Crippen LogP contribution in [0.5, 0.6) is 0 Å². The van der Waals surface area contributed by atoms with Gasteiger partial charge >= 0.3 is 0 Å². The lowest BCUT2D eigenvalue weighted by molar-refractivity contribution is 0.388. The highest BCUT2D eigenvalue weighted by Gasteiger charge is 2.20. The van der Waals surface area contributed by atoms with E-state index in [0.717, 1.165) is 0 Å². The fraction of sp³-hybridized carbons (Fsp3) is 0.600. The van der Waals surface area contributed by atoms with Crippen LogP contribution in [0.25, 0.3) is 0 Å². The summed E-state index contributed by atoms with van der Waals surface area (Å²) in [6.07, 6.45) is 10.5. The van der Waals surface area contributed by atoms with Crippen molar-refractivity contribution in [2.75, 3.05) is 0 Å². The van der Waals surface area contributed by atoms with E-state index < -0.39 is 0 Å². The zero-order valence-electron chi connectivity index (χ0n) is 7.23. The van der Waals surface area contributed by atoms with Gasteiger partial charge in [0, 0.05) is 4.48 Å². The monoisotopic (exact) mass is 214 g/mol. The van der Waals surface area contributed by atoms with Crippen LogP contribution in [0.3, 0.4) is 0 Å². The van der Waals surface area contributed by atoms with Crippen LogP contribution in [0.15, 0.2) is 22.7 Å². The zero-order valence-corrected chi connectivity index (χ0v) is 8.82. The fourth-order valence-electron chi connectivity index (χ4n) is 1.50. The van der Waals surface area contributed by atoms with E-state index in [1.807, 2.05) is 0 Å². The third-order valence-corrected chi connectivity index (χ3v) is 2.82. The highest BCUT2D eigenvalue weighted by atomic mass is 79.9. The second kappa shape index (κ2) is 3.57. The summed E-state index contributed by atoms with van der Waals surface area (Å²) in [7, 11) is 0. The average Bonchev–Trinajstić information content (AvgIpc) is 1.97. The van der Waals surface area contributed by atoms with Gasteiger partial charge in [0.05, 0.1) is 0 Å². The minimum absolute atomic E-state index is 0.423. The maximum absolute atomic E-state index is 3.47. The second-order valence-corrected chi connectivity index (χ2v) is 4.45. The lowest BCUT2D eigenvalue weighted by Gasteiger charge is -2.26. The molecule has 0 N–H and O–H groups in total. The molecule has 1 atom stereocenters. The van der Waals surface area contributed by atoms with Gasteiger partial charge in [-0.3, -0.25) is 0 Å². The van der Waals surface area contributed by atoms with E-state index in [9.17, 15) is 0 Å². The normalized spacial score (nSPS) is 30.3. The van der Waals surface area contributed by atoms with Gasteiger partial charge in [-0.05, 0) is 18.3 Å². The maximum atomic E-state index is 3.47. The molecule has 0 saturated heterocycles. The molecule has 62 valence electrons. The predicted octanol–water partition coefficient (Wildman–Crippen LogP) is 4.03. The van der Waals surface area contributed by atoms with Crippen molar-refractivity contribution in [3.05, 3.63) is 22.7 Å². The van der Waals surface area contributed by atoms with Crippen LogP contribution in [0.4, 0.5) is 0 Å². The van der Waals surface area contributed by atoms with Crippen molar-refractivity contribution in [2.24, 2.45) is 5.41 Å². The third-order valence-electron chi connectivity index (χ3n) is 2.23. The van der Waals surface area contributed by atoms with Gasteiger partial charge in [-0.1, -0.05) is 54.4 Å². The van der Waals surface area contributed by atoms with E-state index in [2.05, 4.69) is 48.0 Å². The molecule has 0 aromatic carbocycles. The molecule has 1 aliphatic carbocycles. The molecule has 0 amide bonds. The standard InChI is InChI=1S/C10H15Br/c1-3-6-10(2)7-4-9(11)5-8-10/h4-5,7H,3,6,8H2,1-2H3. The summed E-state index contributed by atoms with van der Waals surface area (Å²) in [5, 5.41) is 0. The first kappa shape index (κ1) is 9.05. The molecular formula is C10H15Br. The first-order valence-corrected chi connectivity index (χ1v) is 5.00. The van der Waals surface area contributed by atoms with Crippen LogP contribution in [-0.2, 0) is 0 Å². The van der Waals surface area contributed by atoms with Gasteiger partial charge < -0.3 is 0 Å². The van der Waals surface area contributed by atoms with Gasteiger partial charge in [0.15, 0.2) is 0 Å². The van der Waals surface area contributed by atoms with Crippen molar-refractivity contribution < 1.29 is 0 Å². The lowest BCUT2D eigenvalue weighted by Crippen LogP contribution is -2.13. The van der Waals surface area contributed by atoms with E-state index >= 15 is 0 Å². The van der Waals surface area contributed by atoms with Crippen LogP contribution < -0.4 is 0 Å². The molecule has 1 aliphatic rings. The molecule has 0 heterocycles. The molecule has 0 bridgehead atoms. The largest absolute Gasteiger partial charge is 0.0772 e. The molecule has 0 aromatic rings. The van der Waals surface area contributed by atoms with E-state index in [-0.39, 0.29) is 0 Å². The summed E-state index contributed by atoms with van der Waals surface area (Å²) in [6, 6.07) is 0. The Hall–Kier alpha value is -0.0400. The summed E-state index contributed by atoms with van der Waals surface area (Å²) >= 11 is 3.47. The summed E-state index contributed by atoms with van der Waals surface area (Å²) in [5.41, 5.74) is 0.423. The van der Waals surface area contributed by atoms with Gasteiger partial charge in [-0.2, -0.15) is 0 Å². The number of hydrogen-bond donors (Lipinski definition) is 0. The Labute approximate surface area is 77.5 Å². The van der Waals surface area contributed by atoms with E-state index in [0.29, 0.717) is 5.41 Å². The fourth-order valence-corrected chi connectivity index (χ4v) is 1.80. The first-order chi connectivity index (χ1) is 5.16.